The maximum atomic E-state index is 13.5. The fraction of sp³-hybridized carbons (Fsp3) is 0.435. The standard InChI is InChI=1S/C23H29N5O5/c1-4-6-12-23(15-10-8-7-9-11-15)20(31)28(21(32)25-23)14-16(29)17-18(24)27(13-5-2)22(33)26(3)19(17)30/h7-11H,4-6,12-14,24H2,1-3H3,(H,25,32)/t23-/m1/s1. The molecule has 1 aromatic carbocycles. The van der Waals surface area contributed by atoms with Crippen molar-refractivity contribution in [3.8, 4) is 0 Å². The van der Waals surface area contributed by atoms with Crippen molar-refractivity contribution in [1.82, 2.24) is 19.4 Å². The third-order valence-electron chi connectivity index (χ3n) is 5.96. The van der Waals surface area contributed by atoms with E-state index in [9.17, 15) is 24.0 Å². The summed E-state index contributed by atoms with van der Waals surface area (Å²) in [6.45, 7) is 3.36. The van der Waals surface area contributed by atoms with Crippen molar-refractivity contribution in [3.05, 3.63) is 62.3 Å². The number of carbonyl (C=O) groups is 3. The predicted molar refractivity (Wildman–Crippen MR) is 123 cm³/mol. The summed E-state index contributed by atoms with van der Waals surface area (Å²) < 4.78 is 1.96. The number of amides is 3. The van der Waals surface area contributed by atoms with Crippen LogP contribution in [0.2, 0.25) is 0 Å². The van der Waals surface area contributed by atoms with Gasteiger partial charge >= 0.3 is 11.7 Å². The monoisotopic (exact) mass is 455 g/mol. The molecule has 10 nitrogen and oxygen atoms in total. The highest BCUT2D eigenvalue weighted by atomic mass is 16.2. The van der Waals surface area contributed by atoms with Crippen molar-refractivity contribution in [2.75, 3.05) is 12.3 Å². The SMILES string of the molecule is CCCC[C@]1(c2ccccc2)NC(=O)N(CC(=O)c2c(N)n(CCC)c(=O)n(C)c2=O)C1=O. The third kappa shape index (κ3) is 4.08. The number of hydrogen-bond donors (Lipinski definition) is 2. The summed E-state index contributed by atoms with van der Waals surface area (Å²) in [5, 5.41) is 2.77. The lowest BCUT2D eigenvalue weighted by molar-refractivity contribution is -0.131. The Hall–Kier alpha value is -3.69. The van der Waals surface area contributed by atoms with Crippen molar-refractivity contribution in [3.63, 3.8) is 0 Å². The summed E-state index contributed by atoms with van der Waals surface area (Å²) in [4.78, 5) is 65.3. The first kappa shape index (κ1) is 24.0. The van der Waals surface area contributed by atoms with E-state index in [4.69, 9.17) is 5.73 Å². The second-order valence-electron chi connectivity index (χ2n) is 8.18. The van der Waals surface area contributed by atoms with Gasteiger partial charge in [-0.05, 0) is 18.4 Å². The molecule has 1 saturated heterocycles. The van der Waals surface area contributed by atoms with Crippen LogP contribution in [0.25, 0.3) is 0 Å². The number of Topliss-reactive ketones (excluding diaryl/α,β-unsaturated/α-hetero) is 1. The van der Waals surface area contributed by atoms with Crippen molar-refractivity contribution in [1.29, 1.82) is 0 Å². The second-order valence-corrected chi connectivity index (χ2v) is 8.18. The Morgan fingerprint density at radius 2 is 1.73 bits per heavy atom. The third-order valence-corrected chi connectivity index (χ3v) is 5.96. The molecule has 0 bridgehead atoms. The molecule has 1 aromatic heterocycles. The van der Waals surface area contributed by atoms with Gasteiger partial charge in [-0.3, -0.25) is 28.4 Å². The molecular weight excluding hydrogens is 426 g/mol. The van der Waals surface area contributed by atoms with Gasteiger partial charge in [0, 0.05) is 13.6 Å². The number of imide groups is 1. The lowest BCUT2D eigenvalue weighted by Crippen LogP contribution is -2.46. The number of anilines is 1. The van der Waals surface area contributed by atoms with Crippen LogP contribution in [0, 0.1) is 0 Å². The van der Waals surface area contributed by atoms with Crippen LogP contribution in [0.3, 0.4) is 0 Å². The van der Waals surface area contributed by atoms with Gasteiger partial charge < -0.3 is 11.1 Å². The van der Waals surface area contributed by atoms with Crippen molar-refractivity contribution in [2.24, 2.45) is 7.05 Å². The van der Waals surface area contributed by atoms with Crippen molar-refractivity contribution in [2.45, 2.75) is 51.6 Å². The van der Waals surface area contributed by atoms with Crippen LogP contribution in [-0.4, -0.2) is 38.3 Å². The van der Waals surface area contributed by atoms with Gasteiger partial charge in [0.15, 0.2) is 5.78 Å². The summed E-state index contributed by atoms with van der Waals surface area (Å²) in [6, 6.07) is 8.16. The zero-order valence-electron chi connectivity index (χ0n) is 19.1. The molecule has 1 fully saturated rings. The first-order chi connectivity index (χ1) is 15.7. The zero-order chi connectivity index (χ0) is 24.3. The molecule has 0 radical (unpaired) electrons. The average Bonchev–Trinajstić information content (AvgIpc) is 3.05. The fourth-order valence-corrected chi connectivity index (χ4v) is 4.15. The number of ketones is 1. The minimum atomic E-state index is -1.29. The maximum Gasteiger partial charge on any atom is 0.332 e. The molecule has 3 rings (SSSR count). The van der Waals surface area contributed by atoms with Gasteiger partial charge in [-0.15, -0.1) is 0 Å². The topological polar surface area (TPSA) is 136 Å². The molecular formula is C23H29N5O5. The van der Waals surface area contributed by atoms with E-state index in [0.717, 1.165) is 20.5 Å². The maximum absolute atomic E-state index is 13.5. The Kier molecular flexibility index (Phi) is 6.85. The smallest absolute Gasteiger partial charge is 0.332 e. The van der Waals surface area contributed by atoms with E-state index in [1.165, 1.54) is 7.05 Å². The molecule has 1 atom stereocenters. The van der Waals surface area contributed by atoms with Crippen molar-refractivity contribution >= 4 is 23.5 Å². The van der Waals surface area contributed by atoms with Gasteiger partial charge in [0.1, 0.15) is 16.9 Å². The van der Waals surface area contributed by atoms with Crippen LogP contribution in [-0.2, 0) is 23.9 Å². The van der Waals surface area contributed by atoms with Crippen LogP contribution in [0.5, 0.6) is 0 Å². The molecule has 0 saturated carbocycles. The number of hydrogen-bond acceptors (Lipinski definition) is 6. The Bertz CT molecular complexity index is 1200. The molecule has 0 aliphatic carbocycles. The molecule has 2 heterocycles. The molecule has 0 unspecified atom stereocenters. The number of aromatic nitrogens is 2. The largest absolute Gasteiger partial charge is 0.384 e. The molecule has 3 N–H and O–H groups in total. The molecule has 2 aromatic rings. The quantitative estimate of drug-likeness (QED) is 0.433. The number of unbranched alkanes of at least 4 members (excludes halogenated alkanes) is 1. The first-order valence-corrected chi connectivity index (χ1v) is 11.0. The van der Waals surface area contributed by atoms with E-state index in [-0.39, 0.29) is 12.4 Å². The van der Waals surface area contributed by atoms with Crippen LogP contribution in [0.4, 0.5) is 10.6 Å². The van der Waals surface area contributed by atoms with E-state index >= 15 is 0 Å². The zero-order valence-corrected chi connectivity index (χ0v) is 19.1. The van der Waals surface area contributed by atoms with E-state index in [1.54, 1.807) is 24.3 Å². The fourth-order valence-electron chi connectivity index (χ4n) is 4.15. The first-order valence-electron chi connectivity index (χ1n) is 11.0. The predicted octanol–water partition coefficient (Wildman–Crippen LogP) is 1.36. The van der Waals surface area contributed by atoms with E-state index in [0.29, 0.717) is 24.8 Å². The number of nitrogens with two attached hydrogens (primary N) is 1. The minimum Gasteiger partial charge on any atom is -0.384 e. The molecule has 3 amide bonds. The van der Waals surface area contributed by atoms with Crippen LogP contribution in [0.1, 0.15) is 55.5 Å². The summed E-state index contributed by atoms with van der Waals surface area (Å²) in [5.74, 6) is -1.62. The number of benzene rings is 1. The summed E-state index contributed by atoms with van der Waals surface area (Å²) >= 11 is 0. The second kappa shape index (κ2) is 9.43. The summed E-state index contributed by atoms with van der Waals surface area (Å²) in [5.41, 5.74) is 3.46. The van der Waals surface area contributed by atoms with Gasteiger partial charge in [-0.25, -0.2) is 9.59 Å². The highest BCUT2D eigenvalue weighted by Crippen LogP contribution is 2.34. The molecule has 176 valence electrons. The normalized spacial score (nSPS) is 18.0. The van der Waals surface area contributed by atoms with E-state index < -0.39 is 46.6 Å². The number of urea groups is 1. The number of rotatable bonds is 9. The van der Waals surface area contributed by atoms with Gasteiger partial charge in [0.2, 0.25) is 0 Å². The number of nitrogens with zero attached hydrogens (tertiary/aromatic N) is 3. The average molecular weight is 456 g/mol. The highest BCUT2D eigenvalue weighted by molar-refractivity contribution is 6.12. The molecule has 33 heavy (non-hydrogen) atoms. The molecule has 1 aliphatic rings. The number of carbonyl (C=O) groups excluding carboxylic acids is 3. The molecule has 10 heteroatoms. The number of nitrogens with one attached hydrogen (secondary N) is 1. The Morgan fingerprint density at radius 3 is 2.33 bits per heavy atom. The van der Waals surface area contributed by atoms with Crippen LogP contribution < -0.4 is 22.3 Å². The molecule has 0 spiro atoms. The summed E-state index contributed by atoms with van der Waals surface area (Å²) in [7, 11) is 1.26. The van der Waals surface area contributed by atoms with Crippen molar-refractivity contribution < 1.29 is 14.4 Å². The van der Waals surface area contributed by atoms with Crippen LogP contribution in [0.15, 0.2) is 39.9 Å². The lowest BCUT2D eigenvalue weighted by Gasteiger charge is -2.27. The lowest BCUT2D eigenvalue weighted by atomic mass is 9.85. The van der Waals surface area contributed by atoms with Gasteiger partial charge in [0.25, 0.3) is 11.5 Å². The number of nitrogen functional groups attached to an aromatic ring is 1. The van der Waals surface area contributed by atoms with Crippen LogP contribution >= 0.6 is 0 Å². The van der Waals surface area contributed by atoms with Gasteiger partial charge in [-0.2, -0.15) is 0 Å². The Labute approximate surface area is 191 Å². The summed E-state index contributed by atoms with van der Waals surface area (Å²) in [6.07, 6.45) is 2.41. The Balaban J connectivity index is 2.00. The highest BCUT2D eigenvalue weighted by Gasteiger charge is 2.52. The van der Waals surface area contributed by atoms with Gasteiger partial charge in [0.05, 0.1) is 6.54 Å². The van der Waals surface area contributed by atoms with Gasteiger partial charge in [-0.1, -0.05) is 57.0 Å². The minimum absolute atomic E-state index is 0.219. The molecule has 1 aliphatic heterocycles. The van der Waals surface area contributed by atoms with E-state index in [1.807, 2.05) is 19.9 Å². The Morgan fingerprint density at radius 1 is 1.06 bits per heavy atom. The van der Waals surface area contributed by atoms with E-state index in [2.05, 4.69) is 5.32 Å².